The summed E-state index contributed by atoms with van der Waals surface area (Å²) in [6.45, 7) is 1.56. The lowest BCUT2D eigenvalue weighted by molar-refractivity contribution is 0.0932. The van der Waals surface area contributed by atoms with Gasteiger partial charge in [0.25, 0.3) is 5.91 Å². The first-order valence-corrected chi connectivity index (χ1v) is 8.22. The Morgan fingerprint density at radius 2 is 1.85 bits per heavy atom. The first-order chi connectivity index (χ1) is 12.7. The van der Waals surface area contributed by atoms with Crippen LogP contribution in [0.4, 0.5) is 5.82 Å². The zero-order chi connectivity index (χ0) is 18.8. The number of hydrogen-bond donors (Lipinski definition) is 2. The lowest BCUT2D eigenvalue weighted by atomic mass is 10.1. The van der Waals surface area contributed by atoms with Crippen LogP contribution in [0.5, 0.6) is 11.5 Å². The Kier molecular flexibility index (Phi) is 7.63. The van der Waals surface area contributed by atoms with Crippen molar-refractivity contribution in [3.05, 3.63) is 41.9 Å². The number of anilines is 1. The van der Waals surface area contributed by atoms with Crippen molar-refractivity contribution in [3.63, 3.8) is 0 Å². The van der Waals surface area contributed by atoms with Crippen LogP contribution in [0, 0.1) is 0 Å². The molecule has 2 rings (SSSR count). The summed E-state index contributed by atoms with van der Waals surface area (Å²) in [5.41, 5.74) is 1.38. The number of carbonyl (C=O) groups is 1. The van der Waals surface area contributed by atoms with Gasteiger partial charge in [0.05, 0.1) is 33.2 Å². The molecule has 0 saturated heterocycles. The minimum atomic E-state index is -0.272. The van der Waals surface area contributed by atoms with Gasteiger partial charge in [0.15, 0.2) is 11.5 Å². The zero-order valence-corrected chi connectivity index (χ0v) is 15.2. The fourth-order valence-corrected chi connectivity index (χ4v) is 2.26. The SMILES string of the molecule is COCCNC(=O)c1cnc(NCCc2ccc(OC)c(OC)c2)cn1. The largest absolute Gasteiger partial charge is 0.493 e. The molecule has 0 aliphatic carbocycles. The van der Waals surface area contributed by atoms with Crippen molar-refractivity contribution in [2.24, 2.45) is 0 Å². The van der Waals surface area contributed by atoms with E-state index in [9.17, 15) is 4.79 Å². The van der Waals surface area contributed by atoms with Gasteiger partial charge in [0.2, 0.25) is 0 Å². The second-order valence-electron chi connectivity index (χ2n) is 5.40. The molecule has 0 aliphatic rings. The highest BCUT2D eigenvalue weighted by Gasteiger charge is 2.08. The third-order valence-electron chi connectivity index (χ3n) is 3.64. The van der Waals surface area contributed by atoms with Crippen LogP contribution in [0.3, 0.4) is 0 Å². The topological polar surface area (TPSA) is 94.6 Å². The molecule has 2 aromatic rings. The molecule has 0 fully saturated rings. The second-order valence-corrected chi connectivity index (χ2v) is 5.40. The monoisotopic (exact) mass is 360 g/mol. The average Bonchev–Trinajstić information content (AvgIpc) is 2.68. The number of rotatable bonds is 10. The Hall–Kier alpha value is -2.87. The standard InChI is InChI=1S/C18H24N4O4/c1-24-9-8-20-18(23)14-11-22-17(12-21-14)19-7-6-13-4-5-15(25-2)16(10-13)26-3/h4-5,10-12H,6-9H2,1-3H3,(H,19,22)(H,20,23). The van der Waals surface area contributed by atoms with Gasteiger partial charge in [-0.3, -0.25) is 4.79 Å². The molecule has 8 heteroatoms. The third kappa shape index (κ3) is 5.59. The van der Waals surface area contributed by atoms with E-state index in [0.29, 0.717) is 37.0 Å². The minimum Gasteiger partial charge on any atom is -0.493 e. The van der Waals surface area contributed by atoms with E-state index in [0.717, 1.165) is 12.0 Å². The van der Waals surface area contributed by atoms with Gasteiger partial charge >= 0.3 is 0 Å². The molecule has 0 aliphatic heterocycles. The summed E-state index contributed by atoms with van der Waals surface area (Å²) in [6.07, 6.45) is 3.77. The van der Waals surface area contributed by atoms with Crippen LogP contribution in [0.2, 0.25) is 0 Å². The maximum Gasteiger partial charge on any atom is 0.271 e. The molecule has 0 saturated carbocycles. The fraction of sp³-hybridized carbons (Fsp3) is 0.389. The minimum absolute atomic E-state index is 0.270. The van der Waals surface area contributed by atoms with Gasteiger partial charge in [0.1, 0.15) is 11.5 Å². The summed E-state index contributed by atoms with van der Waals surface area (Å²) in [6, 6.07) is 5.81. The van der Waals surface area contributed by atoms with Crippen molar-refractivity contribution in [2.75, 3.05) is 46.3 Å². The number of ether oxygens (including phenoxy) is 3. The second kappa shape index (κ2) is 10.2. The van der Waals surface area contributed by atoms with E-state index in [1.807, 2.05) is 18.2 Å². The van der Waals surface area contributed by atoms with Crippen LogP contribution < -0.4 is 20.1 Å². The molecule has 1 aromatic heterocycles. The van der Waals surface area contributed by atoms with Crippen molar-refractivity contribution in [1.29, 1.82) is 0 Å². The smallest absolute Gasteiger partial charge is 0.271 e. The first kappa shape index (κ1) is 19.5. The van der Waals surface area contributed by atoms with Crippen molar-refractivity contribution >= 4 is 11.7 Å². The van der Waals surface area contributed by atoms with Gasteiger partial charge in [-0.05, 0) is 24.1 Å². The van der Waals surface area contributed by atoms with Crippen molar-refractivity contribution in [3.8, 4) is 11.5 Å². The van der Waals surface area contributed by atoms with Gasteiger partial charge < -0.3 is 24.8 Å². The summed E-state index contributed by atoms with van der Waals surface area (Å²) in [5.74, 6) is 1.74. The van der Waals surface area contributed by atoms with Gasteiger partial charge in [-0.25, -0.2) is 9.97 Å². The number of aromatic nitrogens is 2. The number of hydrogen-bond acceptors (Lipinski definition) is 7. The number of amides is 1. The predicted octanol–water partition coefficient (Wildman–Crippen LogP) is 1.52. The number of carbonyl (C=O) groups excluding carboxylic acids is 1. The highest BCUT2D eigenvalue weighted by Crippen LogP contribution is 2.27. The summed E-state index contributed by atoms with van der Waals surface area (Å²) >= 11 is 0. The number of benzene rings is 1. The van der Waals surface area contributed by atoms with E-state index in [4.69, 9.17) is 14.2 Å². The highest BCUT2D eigenvalue weighted by molar-refractivity contribution is 5.91. The van der Waals surface area contributed by atoms with Crippen LogP contribution in [0.15, 0.2) is 30.6 Å². The quantitative estimate of drug-likeness (QED) is 0.620. The van der Waals surface area contributed by atoms with Crippen LogP contribution in [-0.4, -0.2) is 56.9 Å². The van der Waals surface area contributed by atoms with E-state index in [1.54, 1.807) is 27.5 Å². The van der Waals surface area contributed by atoms with Crippen molar-refractivity contribution in [1.82, 2.24) is 15.3 Å². The van der Waals surface area contributed by atoms with E-state index in [2.05, 4.69) is 20.6 Å². The van der Waals surface area contributed by atoms with Crippen molar-refractivity contribution in [2.45, 2.75) is 6.42 Å². The molecular weight excluding hydrogens is 336 g/mol. The van der Waals surface area contributed by atoms with Crippen LogP contribution in [0.25, 0.3) is 0 Å². The number of nitrogens with one attached hydrogen (secondary N) is 2. The first-order valence-electron chi connectivity index (χ1n) is 8.22. The predicted molar refractivity (Wildman–Crippen MR) is 98.0 cm³/mol. The van der Waals surface area contributed by atoms with Gasteiger partial charge in [0, 0.05) is 20.2 Å². The molecular formula is C18H24N4O4. The maximum absolute atomic E-state index is 11.8. The Morgan fingerprint density at radius 1 is 1.04 bits per heavy atom. The molecule has 1 heterocycles. The number of methoxy groups -OCH3 is 3. The highest BCUT2D eigenvalue weighted by atomic mass is 16.5. The molecule has 0 bridgehead atoms. The average molecular weight is 360 g/mol. The van der Waals surface area contributed by atoms with E-state index in [-0.39, 0.29) is 11.6 Å². The van der Waals surface area contributed by atoms with Crippen LogP contribution in [-0.2, 0) is 11.2 Å². The molecule has 1 aromatic carbocycles. The summed E-state index contributed by atoms with van der Waals surface area (Å²) in [5, 5.41) is 5.88. The molecule has 2 N–H and O–H groups in total. The van der Waals surface area contributed by atoms with Crippen LogP contribution in [0.1, 0.15) is 16.1 Å². The fourth-order valence-electron chi connectivity index (χ4n) is 2.26. The molecule has 26 heavy (non-hydrogen) atoms. The third-order valence-corrected chi connectivity index (χ3v) is 3.64. The summed E-state index contributed by atoms with van der Waals surface area (Å²) < 4.78 is 15.4. The van der Waals surface area contributed by atoms with Gasteiger partial charge in [-0.1, -0.05) is 6.07 Å². The Balaban J connectivity index is 1.83. The zero-order valence-electron chi connectivity index (χ0n) is 15.2. The van der Waals surface area contributed by atoms with Crippen LogP contribution >= 0.6 is 0 Å². The Bertz CT molecular complexity index is 707. The van der Waals surface area contributed by atoms with Gasteiger partial charge in [-0.2, -0.15) is 0 Å². The molecule has 140 valence electrons. The van der Waals surface area contributed by atoms with E-state index >= 15 is 0 Å². The molecule has 0 atom stereocenters. The lowest BCUT2D eigenvalue weighted by Gasteiger charge is -2.10. The van der Waals surface area contributed by atoms with Gasteiger partial charge in [-0.15, -0.1) is 0 Å². The van der Waals surface area contributed by atoms with E-state index < -0.39 is 0 Å². The molecule has 0 spiro atoms. The molecule has 0 radical (unpaired) electrons. The summed E-state index contributed by atoms with van der Waals surface area (Å²) in [7, 11) is 4.80. The molecule has 1 amide bonds. The Labute approximate surface area is 152 Å². The van der Waals surface area contributed by atoms with E-state index in [1.165, 1.54) is 6.20 Å². The molecule has 8 nitrogen and oxygen atoms in total. The van der Waals surface area contributed by atoms with Crippen molar-refractivity contribution < 1.29 is 19.0 Å². The normalized spacial score (nSPS) is 10.3. The maximum atomic E-state index is 11.8. The Morgan fingerprint density at radius 3 is 2.50 bits per heavy atom. The lowest BCUT2D eigenvalue weighted by Crippen LogP contribution is -2.27. The number of nitrogens with zero attached hydrogens (tertiary/aromatic N) is 2. The summed E-state index contributed by atoms with van der Waals surface area (Å²) in [4.78, 5) is 20.2. The molecule has 0 unspecified atom stereocenters.